The molecule has 0 aliphatic rings. The van der Waals surface area contributed by atoms with E-state index >= 15 is 0 Å². The van der Waals surface area contributed by atoms with Crippen molar-refractivity contribution in [1.82, 2.24) is 10.9 Å². The number of carbonyl (C=O) groups excluding carboxylic acids is 2. The van der Waals surface area contributed by atoms with Crippen LogP contribution in [0.25, 0.3) is 0 Å². The summed E-state index contributed by atoms with van der Waals surface area (Å²) in [7, 11) is 0. The molecule has 3 amide bonds. The number of hydrazine groups is 1. The molecule has 0 spiro atoms. The van der Waals surface area contributed by atoms with Crippen LogP contribution in [0.2, 0.25) is 0 Å². The fourth-order valence-electron chi connectivity index (χ4n) is 1.30. The van der Waals surface area contributed by atoms with E-state index in [9.17, 15) is 9.59 Å². The summed E-state index contributed by atoms with van der Waals surface area (Å²) in [4.78, 5) is 22.0. The van der Waals surface area contributed by atoms with E-state index in [-0.39, 0.29) is 5.91 Å². The minimum Gasteiger partial charge on any atom is -0.306 e. The number of anilines is 1. The highest BCUT2D eigenvalue weighted by molar-refractivity contribution is 5.92. The molecule has 0 aliphatic heterocycles. The van der Waals surface area contributed by atoms with E-state index in [1.165, 1.54) is 6.92 Å². The average molecular weight is 221 g/mol. The maximum absolute atomic E-state index is 11.4. The molecule has 0 fully saturated rings. The van der Waals surface area contributed by atoms with Crippen molar-refractivity contribution in [2.45, 2.75) is 20.8 Å². The molecule has 0 aromatic heterocycles. The molecular formula is C11H15N3O2. The summed E-state index contributed by atoms with van der Waals surface area (Å²) < 4.78 is 0. The summed E-state index contributed by atoms with van der Waals surface area (Å²) in [6.07, 6.45) is 0. The van der Waals surface area contributed by atoms with Gasteiger partial charge in [0.2, 0.25) is 5.91 Å². The molecule has 16 heavy (non-hydrogen) atoms. The van der Waals surface area contributed by atoms with Crippen molar-refractivity contribution < 1.29 is 9.59 Å². The molecule has 0 radical (unpaired) electrons. The van der Waals surface area contributed by atoms with Crippen LogP contribution in [-0.2, 0) is 4.79 Å². The van der Waals surface area contributed by atoms with Crippen molar-refractivity contribution in [2.24, 2.45) is 0 Å². The van der Waals surface area contributed by atoms with Crippen molar-refractivity contribution >= 4 is 17.6 Å². The van der Waals surface area contributed by atoms with Gasteiger partial charge in [-0.25, -0.2) is 10.2 Å². The Kier molecular flexibility index (Phi) is 3.88. The van der Waals surface area contributed by atoms with Crippen LogP contribution in [0.3, 0.4) is 0 Å². The van der Waals surface area contributed by atoms with Crippen molar-refractivity contribution in [3.8, 4) is 0 Å². The molecule has 0 aliphatic carbocycles. The molecule has 0 heterocycles. The van der Waals surface area contributed by atoms with Gasteiger partial charge in [-0.15, -0.1) is 0 Å². The summed E-state index contributed by atoms with van der Waals surface area (Å²) >= 11 is 0. The average Bonchev–Trinajstić information content (AvgIpc) is 2.21. The van der Waals surface area contributed by atoms with E-state index in [4.69, 9.17) is 0 Å². The largest absolute Gasteiger partial charge is 0.337 e. The topological polar surface area (TPSA) is 70.2 Å². The van der Waals surface area contributed by atoms with E-state index in [0.717, 1.165) is 16.8 Å². The van der Waals surface area contributed by atoms with Gasteiger partial charge in [-0.1, -0.05) is 18.2 Å². The zero-order valence-electron chi connectivity index (χ0n) is 9.55. The van der Waals surface area contributed by atoms with Crippen LogP contribution >= 0.6 is 0 Å². The van der Waals surface area contributed by atoms with Crippen LogP contribution in [0.15, 0.2) is 18.2 Å². The maximum atomic E-state index is 11.4. The highest BCUT2D eigenvalue weighted by atomic mass is 16.2. The van der Waals surface area contributed by atoms with Gasteiger partial charge < -0.3 is 5.32 Å². The van der Waals surface area contributed by atoms with Crippen LogP contribution < -0.4 is 16.2 Å². The molecule has 0 bridgehead atoms. The summed E-state index contributed by atoms with van der Waals surface area (Å²) in [5.74, 6) is -0.323. The van der Waals surface area contributed by atoms with Gasteiger partial charge in [0.15, 0.2) is 0 Å². The first-order chi connectivity index (χ1) is 7.50. The minimum atomic E-state index is -0.465. The Balaban J connectivity index is 2.66. The second-order valence-corrected chi connectivity index (χ2v) is 3.53. The number of nitrogens with one attached hydrogen (secondary N) is 3. The molecule has 1 rings (SSSR count). The Labute approximate surface area is 94.2 Å². The third kappa shape index (κ3) is 3.27. The van der Waals surface area contributed by atoms with Gasteiger partial charge >= 0.3 is 6.03 Å². The molecule has 1 aromatic rings. The van der Waals surface area contributed by atoms with Crippen molar-refractivity contribution in [1.29, 1.82) is 0 Å². The molecule has 86 valence electrons. The van der Waals surface area contributed by atoms with Gasteiger partial charge in [-0.05, 0) is 25.0 Å². The monoisotopic (exact) mass is 221 g/mol. The normalized spacial score (nSPS) is 9.44. The second kappa shape index (κ2) is 5.16. The first-order valence-electron chi connectivity index (χ1n) is 4.90. The Morgan fingerprint density at radius 2 is 1.62 bits per heavy atom. The molecule has 1 aromatic carbocycles. The van der Waals surface area contributed by atoms with Gasteiger partial charge in [0, 0.05) is 12.6 Å². The maximum Gasteiger partial charge on any atom is 0.337 e. The first kappa shape index (κ1) is 12.0. The number of amides is 3. The Morgan fingerprint density at radius 3 is 2.12 bits per heavy atom. The lowest BCUT2D eigenvalue weighted by Crippen LogP contribution is -2.43. The van der Waals surface area contributed by atoms with E-state index < -0.39 is 6.03 Å². The first-order valence-corrected chi connectivity index (χ1v) is 4.90. The molecular weight excluding hydrogens is 206 g/mol. The minimum absolute atomic E-state index is 0.323. The van der Waals surface area contributed by atoms with Crippen LogP contribution in [0.1, 0.15) is 18.1 Å². The standard InChI is InChI=1S/C11H15N3O2/c1-7-5-4-6-8(2)10(7)12-11(16)14-13-9(3)15/h4-6H,1-3H3,(H,13,15)(H2,12,14,16). The van der Waals surface area contributed by atoms with Gasteiger partial charge in [-0.2, -0.15) is 0 Å². The Morgan fingerprint density at radius 1 is 1.06 bits per heavy atom. The number of hydrogen-bond donors (Lipinski definition) is 3. The predicted molar refractivity (Wildman–Crippen MR) is 61.9 cm³/mol. The summed E-state index contributed by atoms with van der Waals surface area (Å²) in [6, 6.07) is 5.26. The molecule has 0 unspecified atom stereocenters. The zero-order chi connectivity index (χ0) is 12.1. The lowest BCUT2D eigenvalue weighted by molar-refractivity contribution is -0.119. The van der Waals surface area contributed by atoms with Crippen LogP contribution in [0.4, 0.5) is 10.5 Å². The fraction of sp³-hybridized carbons (Fsp3) is 0.273. The van der Waals surface area contributed by atoms with E-state index in [0.29, 0.717) is 0 Å². The molecule has 5 heteroatoms. The number of aryl methyl sites for hydroxylation is 2. The third-order valence-corrected chi connectivity index (χ3v) is 2.07. The lowest BCUT2D eigenvalue weighted by atomic mass is 10.1. The van der Waals surface area contributed by atoms with Crippen LogP contribution in [0, 0.1) is 13.8 Å². The van der Waals surface area contributed by atoms with Gasteiger partial charge in [-0.3, -0.25) is 10.2 Å². The lowest BCUT2D eigenvalue weighted by Gasteiger charge is -2.12. The number of rotatable bonds is 1. The number of benzene rings is 1. The Bertz CT molecular complexity index is 395. The third-order valence-electron chi connectivity index (χ3n) is 2.07. The Hall–Kier alpha value is -2.04. The van der Waals surface area contributed by atoms with Crippen LogP contribution in [0.5, 0.6) is 0 Å². The molecule has 0 atom stereocenters. The van der Waals surface area contributed by atoms with E-state index in [2.05, 4.69) is 16.2 Å². The van der Waals surface area contributed by atoms with E-state index in [1.807, 2.05) is 32.0 Å². The number of para-hydroxylation sites is 1. The highest BCUT2D eigenvalue weighted by Crippen LogP contribution is 2.18. The van der Waals surface area contributed by atoms with Crippen molar-refractivity contribution in [3.63, 3.8) is 0 Å². The van der Waals surface area contributed by atoms with Crippen LogP contribution in [-0.4, -0.2) is 11.9 Å². The van der Waals surface area contributed by atoms with E-state index in [1.54, 1.807) is 0 Å². The number of urea groups is 1. The molecule has 5 nitrogen and oxygen atoms in total. The number of carbonyl (C=O) groups is 2. The van der Waals surface area contributed by atoms with Crippen molar-refractivity contribution in [2.75, 3.05) is 5.32 Å². The smallest absolute Gasteiger partial charge is 0.306 e. The molecule has 0 saturated carbocycles. The summed E-state index contributed by atoms with van der Waals surface area (Å²) in [5, 5.41) is 2.67. The van der Waals surface area contributed by atoms with Gasteiger partial charge in [0.1, 0.15) is 0 Å². The summed E-state index contributed by atoms with van der Waals surface area (Å²) in [5.41, 5.74) is 7.13. The summed E-state index contributed by atoms with van der Waals surface area (Å²) in [6.45, 7) is 5.13. The zero-order valence-corrected chi connectivity index (χ0v) is 9.55. The second-order valence-electron chi connectivity index (χ2n) is 3.53. The SMILES string of the molecule is CC(=O)NNC(=O)Nc1c(C)cccc1C. The highest BCUT2D eigenvalue weighted by Gasteiger charge is 2.06. The van der Waals surface area contributed by atoms with Crippen molar-refractivity contribution in [3.05, 3.63) is 29.3 Å². The van der Waals surface area contributed by atoms with Gasteiger partial charge in [0.25, 0.3) is 0 Å². The molecule has 0 saturated heterocycles. The van der Waals surface area contributed by atoms with Gasteiger partial charge in [0.05, 0.1) is 0 Å². The number of hydrogen-bond acceptors (Lipinski definition) is 2. The quantitative estimate of drug-likeness (QED) is 0.628. The fourth-order valence-corrected chi connectivity index (χ4v) is 1.30. The predicted octanol–water partition coefficient (Wildman–Crippen LogP) is 1.48. The molecule has 3 N–H and O–H groups in total.